The normalized spacial score (nSPS) is 16.3. The number of carbonyl (C=O) groups is 2. The molecule has 6 nitrogen and oxygen atoms in total. The Bertz CT molecular complexity index is 2190. The van der Waals surface area contributed by atoms with Crippen molar-refractivity contribution < 1.29 is 29.3 Å². The monoisotopic (exact) mass is 852 g/mol. The molecule has 0 radical (unpaired) electrons. The minimum Gasteiger partial charge on any atom is -0.507 e. The van der Waals surface area contributed by atoms with Gasteiger partial charge in [0.05, 0.1) is 14.2 Å². The maximum Gasteiger partial charge on any atom is 0.341 e. The van der Waals surface area contributed by atoms with Crippen LogP contribution in [0, 0.1) is 27.8 Å². The van der Waals surface area contributed by atoms with Gasteiger partial charge in [0.2, 0.25) is 0 Å². The molecule has 4 aromatic rings. The van der Waals surface area contributed by atoms with Gasteiger partial charge in [-0.2, -0.15) is 0 Å². The molecule has 288 valence electrons. The number of methoxy groups -OCH3 is 2. The molecule has 0 aliphatic heterocycles. The standard InChI is InChI=1S/C24H26O3.C16H20.C8H7IO3/c1-23(2)12-13-24(3,4)20-14-16(9-11-19(20)23)6-7-17-8-10-18(21(25)15-17)22(26)27-5;1-6-12-7-8-13-14(11-12)16(4,5)10-9-15(13,2)3;1-12-8(11)6-3-2-5(9)4-7(6)10/h8-11,14-15,25H,12-13H2,1-5H3;1,7-8,11H,9-10H2,2-5H3;2-4,10H,1H3. The van der Waals surface area contributed by atoms with Gasteiger partial charge in [-0.15, -0.1) is 6.42 Å². The number of terminal acetylenes is 1. The molecule has 2 aliphatic carbocycles. The van der Waals surface area contributed by atoms with Crippen molar-refractivity contribution in [2.75, 3.05) is 14.2 Å². The first-order chi connectivity index (χ1) is 25.7. The fourth-order valence-electron chi connectivity index (χ4n) is 7.17. The Kier molecular flexibility index (Phi) is 13.3. The van der Waals surface area contributed by atoms with Crippen LogP contribution in [0.15, 0.2) is 72.8 Å². The molecule has 0 bridgehead atoms. The van der Waals surface area contributed by atoms with Crippen LogP contribution in [-0.4, -0.2) is 36.4 Å². The number of rotatable bonds is 2. The Morgan fingerprint density at radius 1 is 0.564 bits per heavy atom. The van der Waals surface area contributed by atoms with Gasteiger partial charge < -0.3 is 19.7 Å². The number of benzene rings is 4. The van der Waals surface area contributed by atoms with E-state index in [9.17, 15) is 19.8 Å². The fourth-order valence-corrected chi connectivity index (χ4v) is 7.64. The summed E-state index contributed by atoms with van der Waals surface area (Å²) in [7, 11) is 2.56. The SMILES string of the molecule is C#Cc1ccc2c(c1)C(C)(C)CCC2(C)C.COC(=O)c1ccc(C#Cc2ccc3c(c2)C(C)(C)CCC3(C)C)cc1O.COC(=O)c1ccc(I)cc1O. The number of esters is 2. The molecule has 0 heterocycles. The summed E-state index contributed by atoms with van der Waals surface area (Å²) in [5.74, 6) is 7.75. The summed E-state index contributed by atoms with van der Waals surface area (Å²) in [6.45, 7) is 18.5. The number of fused-ring (bicyclic) bond motifs is 2. The van der Waals surface area contributed by atoms with Crippen molar-refractivity contribution >= 4 is 34.5 Å². The second-order valence-electron chi connectivity index (χ2n) is 16.8. The molecule has 2 N–H and O–H groups in total. The maximum absolute atomic E-state index is 11.6. The molecule has 2 aliphatic rings. The van der Waals surface area contributed by atoms with E-state index in [1.807, 2.05) is 22.6 Å². The molecule has 4 aromatic carbocycles. The van der Waals surface area contributed by atoms with Crippen LogP contribution in [0.3, 0.4) is 0 Å². The van der Waals surface area contributed by atoms with E-state index in [-0.39, 0.29) is 44.3 Å². The van der Waals surface area contributed by atoms with E-state index in [0.717, 1.165) is 21.1 Å². The summed E-state index contributed by atoms with van der Waals surface area (Å²) in [6, 6.07) is 22.5. The van der Waals surface area contributed by atoms with E-state index >= 15 is 0 Å². The number of carbonyl (C=O) groups excluding carboxylic acids is 2. The highest BCUT2D eigenvalue weighted by atomic mass is 127. The molecule has 55 heavy (non-hydrogen) atoms. The van der Waals surface area contributed by atoms with Gasteiger partial charge in [0.1, 0.15) is 22.6 Å². The van der Waals surface area contributed by atoms with Crippen LogP contribution < -0.4 is 0 Å². The molecule has 6 rings (SSSR count). The molecule has 0 unspecified atom stereocenters. The minimum absolute atomic E-state index is 0.0475. The van der Waals surface area contributed by atoms with E-state index in [1.54, 1.807) is 12.1 Å². The van der Waals surface area contributed by atoms with Gasteiger partial charge in [0, 0.05) is 20.3 Å². The van der Waals surface area contributed by atoms with Crippen LogP contribution in [0.25, 0.3) is 0 Å². The van der Waals surface area contributed by atoms with Gasteiger partial charge in [-0.25, -0.2) is 9.59 Å². The number of aromatic hydroxyl groups is 2. The van der Waals surface area contributed by atoms with E-state index in [4.69, 9.17) is 6.42 Å². The van der Waals surface area contributed by atoms with Crippen LogP contribution in [0.2, 0.25) is 0 Å². The smallest absolute Gasteiger partial charge is 0.341 e. The summed E-state index contributed by atoms with van der Waals surface area (Å²) in [6.07, 6.45) is 10.3. The molecule has 0 saturated carbocycles. The lowest BCUT2D eigenvalue weighted by Crippen LogP contribution is -2.33. The summed E-state index contributed by atoms with van der Waals surface area (Å²) in [5.41, 5.74) is 9.52. The molecule has 0 spiro atoms. The Hall–Kier alpha value is -4.73. The quantitative estimate of drug-likeness (QED) is 0.119. The number of phenols is 2. The lowest BCUT2D eigenvalue weighted by atomic mass is 9.63. The van der Waals surface area contributed by atoms with Crippen molar-refractivity contribution in [3.8, 4) is 35.7 Å². The average molecular weight is 853 g/mol. The molecule has 0 atom stereocenters. The van der Waals surface area contributed by atoms with Crippen molar-refractivity contribution in [1.29, 1.82) is 0 Å². The maximum atomic E-state index is 11.6. The number of phenolic OH excluding ortho intramolecular Hbond substituents is 2. The highest BCUT2D eigenvalue weighted by Gasteiger charge is 2.38. The zero-order valence-electron chi connectivity index (χ0n) is 33.7. The van der Waals surface area contributed by atoms with E-state index < -0.39 is 11.9 Å². The van der Waals surface area contributed by atoms with E-state index in [2.05, 4.69) is 119 Å². The van der Waals surface area contributed by atoms with Crippen LogP contribution >= 0.6 is 22.6 Å². The Morgan fingerprint density at radius 3 is 1.35 bits per heavy atom. The van der Waals surface area contributed by atoms with Crippen molar-refractivity contribution in [1.82, 2.24) is 0 Å². The predicted molar refractivity (Wildman–Crippen MR) is 229 cm³/mol. The molecule has 0 saturated heterocycles. The number of hydrogen-bond donors (Lipinski definition) is 2. The largest absolute Gasteiger partial charge is 0.507 e. The van der Waals surface area contributed by atoms with Gasteiger partial charge in [-0.3, -0.25) is 0 Å². The Labute approximate surface area is 341 Å². The third kappa shape index (κ3) is 10.1. The first-order valence-electron chi connectivity index (χ1n) is 18.4. The van der Waals surface area contributed by atoms with Crippen LogP contribution in [0.1, 0.15) is 141 Å². The Balaban J connectivity index is 0.000000203. The van der Waals surface area contributed by atoms with E-state index in [0.29, 0.717) is 5.56 Å². The third-order valence-corrected chi connectivity index (χ3v) is 11.7. The topological polar surface area (TPSA) is 93.1 Å². The molecule has 0 fully saturated rings. The molecular formula is C48H53IO6. The van der Waals surface area contributed by atoms with Crippen molar-refractivity contribution in [3.05, 3.63) is 126 Å². The fraction of sp³-hybridized carbons (Fsp3) is 0.375. The molecular weight excluding hydrogens is 799 g/mol. The van der Waals surface area contributed by atoms with E-state index in [1.165, 1.54) is 80.0 Å². The first-order valence-corrected chi connectivity index (χ1v) is 19.5. The van der Waals surface area contributed by atoms with Gasteiger partial charge in [-0.05, 0) is 153 Å². The van der Waals surface area contributed by atoms with Crippen LogP contribution in [0.4, 0.5) is 0 Å². The number of hydrogen-bond acceptors (Lipinski definition) is 6. The van der Waals surface area contributed by atoms with Gasteiger partial charge in [-0.1, -0.05) is 85.3 Å². The second-order valence-corrected chi connectivity index (χ2v) is 18.1. The summed E-state index contributed by atoms with van der Waals surface area (Å²) in [4.78, 5) is 22.5. The van der Waals surface area contributed by atoms with Crippen molar-refractivity contribution in [3.63, 3.8) is 0 Å². The number of halogens is 1. The lowest BCUT2D eigenvalue weighted by Gasteiger charge is -2.41. The average Bonchev–Trinajstić information content (AvgIpc) is 3.14. The van der Waals surface area contributed by atoms with Crippen molar-refractivity contribution in [2.45, 2.75) is 103 Å². The molecule has 0 amide bonds. The molecule has 7 heteroatoms. The van der Waals surface area contributed by atoms with Crippen LogP contribution in [-0.2, 0) is 31.1 Å². The predicted octanol–water partition coefficient (Wildman–Crippen LogP) is 10.7. The minimum atomic E-state index is -0.563. The van der Waals surface area contributed by atoms with Gasteiger partial charge in [0.25, 0.3) is 0 Å². The third-order valence-electron chi connectivity index (χ3n) is 11.0. The van der Waals surface area contributed by atoms with Gasteiger partial charge in [0.15, 0.2) is 0 Å². The zero-order valence-corrected chi connectivity index (χ0v) is 35.9. The molecule has 0 aromatic heterocycles. The summed E-state index contributed by atoms with van der Waals surface area (Å²) >= 11 is 2.05. The highest BCUT2D eigenvalue weighted by Crippen LogP contribution is 2.47. The summed E-state index contributed by atoms with van der Waals surface area (Å²) in [5, 5.41) is 19.3. The first kappa shape index (κ1) is 43.0. The van der Waals surface area contributed by atoms with Crippen LogP contribution in [0.5, 0.6) is 11.5 Å². The zero-order chi connectivity index (χ0) is 40.9. The van der Waals surface area contributed by atoms with Gasteiger partial charge >= 0.3 is 11.9 Å². The summed E-state index contributed by atoms with van der Waals surface area (Å²) < 4.78 is 9.97. The highest BCUT2D eigenvalue weighted by molar-refractivity contribution is 14.1. The number of ether oxygens (including phenoxy) is 2. The Morgan fingerprint density at radius 2 is 0.927 bits per heavy atom. The van der Waals surface area contributed by atoms with Crippen molar-refractivity contribution in [2.24, 2.45) is 0 Å². The lowest BCUT2D eigenvalue weighted by molar-refractivity contribution is 0.0588. The second kappa shape index (κ2) is 17.0.